The lowest BCUT2D eigenvalue weighted by atomic mass is 9.95. The molecule has 0 aromatic heterocycles. The van der Waals surface area contributed by atoms with Crippen LogP contribution in [0.5, 0.6) is 5.75 Å². The molecule has 0 saturated carbocycles. The van der Waals surface area contributed by atoms with Gasteiger partial charge in [-0.3, -0.25) is 0 Å². The molecule has 0 spiro atoms. The van der Waals surface area contributed by atoms with Crippen molar-refractivity contribution in [2.75, 3.05) is 19.0 Å². The fourth-order valence-corrected chi connectivity index (χ4v) is 2.35. The van der Waals surface area contributed by atoms with Gasteiger partial charge in [-0.1, -0.05) is 13.8 Å². The summed E-state index contributed by atoms with van der Waals surface area (Å²) in [6.45, 7) is 5.30. The van der Waals surface area contributed by atoms with Crippen molar-refractivity contribution >= 4 is 5.69 Å². The summed E-state index contributed by atoms with van der Waals surface area (Å²) in [5, 5.41) is 3.58. The Balaban J connectivity index is 1.91. The van der Waals surface area contributed by atoms with E-state index in [4.69, 9.17) is 9.47 Å². The molecule has 3 heteroatoms. The number of ether oxygens (including phenoxy) is 2. The molecule has 1 aliphatic rings. The van der Waals surface area contributed by atoms with Gasteiger partial charge in [-0.05, 0) is 43.0 Å². The van der Waals surface area contributed by atoms with Crippen molar-refractivity contribution < 1.29 is 9.47 Å². The van der Waals surface area contributed by atoms with Gasteiger partial charge < -0.3 is 14.8 Å². The molecule has 2 rings (SSSR count). The second kappa shape index (κ2) is 6.10. The van der Waals surface area contributed by atoms with Gasteiger partial charge in [0.2, 0.25) is 0 Å². The zero-order chi connectivity index (χ0) is 13.0. The second-order valence-corrected chi connectivity index (χ2v) is 5.25. The lowest BCUT2D eigenvalue weighted by molar-refractivity contribution is -0.0160. The molecule has 1 aliphatic heterocycles. The number of anilines is 1. The van der Waals surface area contributed by atoms with E-state index in [0.29, 0.717) is 18.1 Å². The summed E-state index contributed by atoms with van der Waals surface area (Å²) in [6.07, 6.45) is 2.55. The topological polar surface area (TPSA) is 30.5 Å². The van der Waals surface area contributed by atoms with Crippen LogP contribution in [-0.4, -0.2) is 25.9 Å². The third-order valence-electron chi connectivity index (χ3n) is 3.52. The van der Waals surface area contributed by atoms with Gasteiger partial charge in [-0.2, -0.15) is 0 Å². The molecule has 1 heterocycles. The summed E-state index contributed by atoms with van der Waals surface area (Å²) in [5.41, 5.74) is 1.16. The highest BCUT2D eigenvalue weighted by molar-refractivity contribution is 5.47. The van der Waals surface area contributed by atoms with Crippen LogP contribution in [0.1, 0.15) is 26.7 Å². The Hall–Kier alpha value is -1.22. The van der Waals surface area contributed by atoms with Gasteiger partial charge >= 0.3 is 0 Å². The zero-order valence-electron chi connectivity index (χ0n) is 11.5. The van der Waals surface area contributed by atoms with Crippen LogP contribution in [-0.2, 0) is 4.74 Å². The third kappa shape index (κ3) is 3.39. The van der Waals surface area contributed by atoms with Gasteiger partial charge in [0.05, 0.1) is 13.2 Å². The molecule has 18 heavy (non-hydrogen) atoms. The Morgan fingerprint density at radius 1 is 1.28 bits per heavy atom. The highest BCUT2D eigenvalue weighted by atomic mass is 16.5. The quantitative estimate of drug-likeness (QED) is 0.888. The smallest absolute Gasteiger partial charge is 0.119 e. The van der Waals surface area contributed by atoms with Crippen LogP contribution in [0.15, 0.2) is 24.3 Å². The lowest BCUT2D eigenvalue weighted by Gasteiger charge is -2.33. The number of nitrogens with one attached hydrogen (secondary N) is 1. The Kier molecular flexibility index (Phi) is 4.48. The Morgan fingerprint density at radius 3 is 2.61 bits per heavy atom. The summed E-state index contributed by atoms with van der Waals surface area (Å²) in [6, 6.07) is 8.63. The van der Waals surface area contributed by atoms with Gasteiger partial charge in [0.15, 0.2) is 0 Å². The predicted molar refractivity (Wildman–Crippen MR) is 74.2 cm³/mol. The van der Waals surface area contributed by atoms with E-state index in [1.165, 1.54) is 0 Å². The molecule has 1 fully saturated rings. The molecule has 2 unspecified atom stereocenters. The van der Waals surface area contributed by atoms with E-state index in [1.807, 2.05) is 12.1 Å². The Morgan fingerprint density at radius 2 is 2.00 bits per heavy atom. The number of rotatable bonds is 4. The van der Waals surface area contributed by atoms with Crippen molar-refractivity contribution in [3.05, 3.63) is 24.3 Å². The van der Waals surface area contributed by atoms with Crippen molar-refractivity contribution in [1.82, 2.24) is 0 Å². The molecule has 100 valence electrons. The SMILES string of the molecule is COc1ccc(NC2CCOC(C(C)C)C2)cc1. The van der Waals surface area contributed by atoms with Crippen LogP contribution in [0.4, 0.5) is 5.69 Å². The van der Waals surface area contributed by atoms with Crippen molar-refractivity contribution in [2.45, 2.75) is 38.8 Å². The van der Waals surface area contributed by atoms with Crippen LogP contribution in [0.3, 0.4) is 0 Å². The molecule has 0 amide bonds. The first-order valence-corrected chi connectivity index (χ1v) is 6.71. The summed E-state index contributed by atoms with van der Waals surface area (Å²) in [7, 11) is 1.69. The highest BCUT2D eigenvalue weighted by Crippen LogP contribution is 2.24. The molecule has 2 atom stereocenters. The maximum atomic E-state index is 5.78. The van der Waals surface area contributed by atoms with E-state index in [2.05, 4.69) is 31.3 Å². The first-order chi connectivity index (χ1) is 8.69. The van der Waals surface area contributed by atoms with E-state index >= 15 is 0 Å². The van der Waals surface area contributed by atoms with E-state index in [1.54, 1.807) is 7.11 Å². The summed E-state index contributed by atoms with van der Waals surface area (Å²) in [4.78, 5) is 0. The van der Waals surface area contributed by atoms with Crippen LogP contribution in [0.2, 0.25) is 0 Å². The Labute approximate surface area is 109 Å². The van der Waals surface area contributed by atoms with Crippen molar-refractivity contribution in [2.24, 2.45) is 5.92 Å². The monoisotopic (exact) mass is 249 g/mol. The van der Waals surface area contributed by atoms with Gasteiger partial charge in [-0.25, -0.2) is 0 Å². The fourth-order valence-electron chi connectivity index (χ4n) is 2.35. The van der Waals surface area contributed by atoms with Crippen molar-refractivity contribution in [1.29, 1.82) is 0 Å². The lowest BCUT2D eigenvalue weighted by Crippen LogP contribution is -2.36. The molecule has 0 aliphatic carbocycles. The van der Waals surface area contributed by atoms with Gasteiger partial charge in [-0.15, -0.1) is 0 Å². The average Bonchev–Trinajstić information content (AvgIpc) is 2.40. The van der Waals surface area contributed by atoms with Gasteiger partial charge in [0.25, 0.3) is 0 Å². The normalized spacial score (nSPS) is 24.0. The number of benzene rings is 1. The van der Waals surface area contributed by atoms with Crippen molar-refractivity contribution in [3.63, 3.8) is 0 Å². The van der Waals surface area contributed by atoms with Crippen molar-refractivity contribution in [3.8, 4) is 5.75 Å². The average molecular weight is 249 g/mol. The van der Waals surface area contributed by atoms with E-state index < -0.39 is 0 Å². The van der Waals surface area contributed by atoms with Crippen LogP contribution in [0, 0.1) is 5.92 Å². The molecular weight excluding hydrogens is 226 g/mol. The zero-order valence-corrected chi connectivity index (χ0v) is 11.5. The van der Waals surface area contributed by atoms with Crippen LogP contribution >= 0.6 is 0 Å². The highest BCUT2D eigenvalue weighted by Gasteiger charge is 2.24. The summed E-state index contributed by atoms with van der Waals surface area (Å²) < 4.78 is 10.9. The van der Waals surface area contributed by atoms with E-state index in [9.17, 15) is 0 Å². The molecule has 0 bridgehead atoms. The van der Waals surface area contributed by atoms with Gasteiger partial charge in [0, 0.05) is 18.3 Å². The summed E-state index contributed by atoms with van der Waals surface area (Å²) >= 11 is 0. The van der Waals surface area contributed by atoms with E-state index in [-0.39, 0.29) is 0 Å². The fraction of sp³-hybridized carbons (Fsp3) is 0.600. The largest absolute Gasteiger partial charge is 0.497 e. The molecule has 1 saturated heterocycles. The molecule has 3 nitrogen and oxygen atoms in total. The minimum atomic E-state index is 0.384. The molecule has 1 aromatic carbocycles. The van der Waals surface area contributed by atoms with Crippen LogP contribution in [0.25, 0.3) is 0 Å². The standard InChI is InChI=1S/C15H23NO2/c1-11(2)15-10-13(8-9-18-15)16-12-4-6-14(17-3)7-5-12/h4-7,11,13,15-16H,8-10H2,1-3H3. The molecule has 1 N–H and O–H groups in total. The molecule has 1 aromatic rings. The third-order valence-corrected chi connectivity index (χ3v) is 3.52. The summed E-state index contributed by atoms with van der Waals surface area (Å²) in [5.74, 6) is 1.48. The molecular formula is C15H23NO2. The maximum absolute atomic E-state index is 5.78. The second-order valence-electron chi connectivity index (χ2n) is 5.25. The first-order valence-electron chi connectivity index (χ1n) is 6.71. The molecule has 0 radical (unpaired) electrons. The minimum Gasteiger partial charge on any atom is -0.497 e. The Bertz CT molecular complexity index is 361. The maximum Gasteiger partial charge on any atom is 0.119 e. The number of hydrogen-bond acceptors (Lipinski definition) is 3. The number of methoxy groups -OCH3 is 1. The van der Waals surface area contributed by atoms with E-state index in [0.717, 1.165) is 30.9 Å². The van der Waals surface area contributed by atoms with Gasteiger partial charge in [0.1, 0.15) is 5.75 Å². The first kappa shape index (κ1) is 13.2. The number of hydrogen-bond donors (Lipinski definition) is 1. The minimum absolute atomic E-state index is 0.384. The predicted octanol–water partition coefficient (Wildman–Crippen LogP) is 3.31. The van der Waals surface area contributed by atoms with Crippen LogP contribution < -0.4 is 10.1 Å².